The summed E-state index contributed by atoms with van der Waals surface area (Å²) in [5.41, 5.74) is 8.17. The molecule has 1 aromatic carbocycles. The van der Waals surface area contributed by atoms with E-state index in [1.54, 1.807) is 4.90 Å². The first-order valence-corrected chi connectivity index (χ1v) is 10.1. The molecule has 1 amide bonds. The van der Waals surface area contributed by atoms with E-state index in [1.165, 1.54) is 34.2 Å². The summed E-state index contributed by atoms with van der Waals surface area (Å²) < 4.78 is 0. The van der Waals surface area contributed by atoms with Gasteiger partial charge in [-0.05, 0) is 59.1 Å². The average Bonchev–Trinajstić information content (AvgIpc) is 3.41. The van der Waals surface area contributed by atoms with Crippen molar-refractivity contribution >= 4 is 17.5 Å². The molecule has 3 atom stereocenters. The summed E-state index contributed by atoms with van der Waals surface area (Å²) >= 11 is 0. The van der Waals surface area contributed by atoms with Gasteiger partial charge in [0, 0.05) is 50.1 Å². The number of fused-ring (bicyclic) bond motifs is 4. The standard InChI is InChI=1S/C23H21N3O2/c1-25-20-4-2-13(8-14(20)3-5-21(25)28)18-10-24-11-19-22(18)16-9-17(16)23(19)26-7-6-15(26)12-27/h2,4,8,10-11,16-17,23H,3,5-7,9H2,1H3. The number of hydrogen-bond acceptors (Lipinski definition) is 4. The van der Waals surface area contributed by atoms with Crippen LogP contribution < -0.4 is 4.90 Å². The fourth-order valence-electron chi connectivity index (χ4n) is 5.48. The van der Waals surface area contributed by atoms with Gasteiger partial charge in [-0.15, -0.1) is 0 Å². The molecule has 4 aliphatic rings. The number of rotatable bonds is 2. The zero-order valence-electron chi connectivity index (χ0n) is 15.8. The van der Waals surface area contributed by atoms with Gasteiger partial charge in [-0.25, -0.2) is 4.79 Å². The number of carbonyl (C=O) groups excluding carboxylic acids is 2. The van der Waals surface area contributed by atoms with Gasteiger partial charge in [-0.2, -0.15) is 0 Å². The van der Waals surface area contributed by atoms with Crippen molar-refractivity contribution in [2.45, 2.75) is 37.6 Å². The first-order valence-electron chi connectivity index (χ1n) is 10.1. The first kappa shape index (κ1) is 16.1. The van der Waals surface area contributed by atoms with Crippen LogP contribution in [0, 0.1) is 5.92 Å². The van der Waals surface area contributed by atoms with Crippen LogP contribution in [0.2, 0.25) is 0 Å². The molecule has 2 fully saturated rings. The first-order chi connectivity index (χ1) is 13.7. The Bertz CT molecular complexity index is 1090. The number of amides is 1. The van der Waals surface area contributed by atoms with Crippen LogP contribution >= 0.6 is 0 Å². The molecule has 2 aliphatic heterocycles. The molecule has 1 aromatic heterocycles. The Hall–Kier alpha value is -2.91. The Morgan fingerprint density at radius 2 is 2.07 bits per heavy atom. The van der Waals surface area contributed by atoms with Gasteiger partial charge in [0.25, 0.3) is 0 Å². The van der Waals surface area contributed by atoms with Crippen molar-refractivity contribution in [2.24, 2.45) is 5.92 Å². The summed E-state index contributed by atoms with van der Waals surface area (Å²) in [5.74, 6) is 3.48. The van der Waals surface area contributed by atoms with Crippen LogP contribution in [0.25, 0.3) is 11.1 Å². The third-order valence-electron chi connectivity index (χ3n) is 7.08. The van der Waals surface area contributed by atoms with E-state index >= 15 is 0 Å². The second kappa shape index (κ2) is 5.55. The molecule has 28 heavy (non-hydrogen) atoms. The molecule has 5 heteroatoms. The quantitative estimate of drug-likeness (QED) is 0.761. The minimum Gasteiger partial charge on any atom is -0.358 e. The lowest BCUT2D eigenvalue weighted by molar-refractivity contribution is -0.118. The second-order valence-corrected chi connectivity index (χ2v) is 8.43. The van der Waals surface area contributed by atoms with Crippen LogP contribution in [-0.4, -0.2) is 35.3 Å². The van der Waals surface area contributed by atoms with Gasteiger partial charge in [-0.1, -0.05) is 6.07 Å². The van der Waals surface area contributed by atoms with Crippen molar-refractivity contribution in [1.82, 2.24) is 9.88 Å². The molecule has 3 unspecified atom stereocenters. The lowest BCUT2D eigenvalue weighted by Crippen LogP contribution is -2.39. The number of anilines is 1. The Balaban J connectivity index is 1.44. The molecule has 0 bridgehead atoms. The van der Waals surface area contributed by atoms with E-state index in [-0.39, 0.29) is 5.91 Å². The number of carbonyl (C=O) groups is 1. The van der Waals surface area contributed by atoms with E-state index in [0.717, 1.165) is 30.8 Å². The smallest absolute Gasteiger partial charge is 0.227 e. The van der Waals surface area contributed by atoms with Gasteiger partial charge in [0.2, 0.25) is 5.91 Å². The lowest BCUT2D eigenvalue weighted by atomic mass is 9.91. The van der Waals surface area contributed by atoms with Crippen LogP contribution in [-0.2, 0) is 16.0 Å². The molecule has 2 aliphatic carbocycles. The van der Waals surface area contributed by atoms with Gasteiger partial charge in [0.05, 0.1) is 6.04 Å². The molecule has 1 saturated heterocycles. The van der Waals surface area contributed by atoms with E-state index in [1.807, 2.05) is 19.4 Å². The average molecular weight is 371 g/mol. The molecule has 0 radical (unpaired) electrons. The van der Waals surface area contributed by atoms with Crippen molar-refractivity contribution < 1.29 is 9.59 Å². The lowest BCUT2D eigenvalue weighted by Gasteiger charge is -2.40. The molecule has 0 N–H and O–H groups in total. The summed E-state index contributed by atoms with van der Waals surface area (Å²) in [6.45, 7) is 0.946. The van der Waals surface area contributed by atoms with Crippen LogP contribution in [0.4, 0.5) is 5.69 Å². The fraction of sp³-hybridized carbons (Fsp3) is 0.391. The molecular formula is C23H21N3O2. The highest BCUT2D eigenvalue weighted by Crippen LogP contribution is 2.66. The molecular weight excluding hydrogens is 350 g/mol. The van der Waals surface area contributed by atoms with Crippen LogP contribution in [0.15, 0.2) is 36.3 Å². The van der Waals surface area contributed by atoms with E-state index in [0.29, 0.717) is 24.3 Å². The number of hydrogen-bond donors (Lipinski definition) is 0. The molecule has 140 valence electrons. The third-order valence-corrected chi connectivity index (χ3v) is 7.08. The monoisotopic (exact) mass is 371 g/mol. The van der Waals surface area contributed by atoms with Gasteiger partial charge in [0.1, 0.15) is 11.6 Å². The van der Waals surface area contributed by atoms with Crippen molar-refractivity contribution in [3.05, 3.63) is 53.0 Å². The van der Waals surface area contributed by atoms with Crippen LogP contribution in [0.1, 0.15) is 47.9 Å². The molecule has 3 heterocycles. The predicted molar refractivity (Wildman–Crippen MR) is 106 cm³/mol. The number of benzene rings is 1. The van der Waals surface area contributed by atoms with Crippen molar-refractivity contribution in [3.8, 4) is 11.1 Å². The predicted octanol–water partition coefficient (Wildman–Crippen LogP) is 3.24. The molecule has 0 spiro atoms. The molecule has 1 saturated carbocycles. The van der Waals surface area contributed by atoms with Crippen molar-refractivity contribution in [2.75, 3.05) is 18.5 Å². The van der Waals surface area contributed by atoms with Gasteiger partial charge in [0.15, 0.2) is 0 Å². The van der Waals surface area contributed by atoms with Gasteiger partial charge >= 0.3 is 0 Å². The Labute approximate surface area is 163 Å². The van der Waals surface area contributed by atoms with Crippen LogP contribution in [0.3, 0.4) is 0 Å². The topological polar surface area (TPSA) is 53.5 Å². The van der Waals surface area contributed by atoms with E-state index in [9.17, 15) is 9.59 Å². The maximum absolute atomic E-state index is 12.0. The summed E-state index contributed by atoms with van der Waals surface area (Å²) in [7, 11) is 1.85. The summed E-state index contributed by atoms with van der Waals surface area (Å²) in [6.07, 6.45) is 7.39. The number of aromatic nitrogens is 1. The fourth-order valence-corrected chi connectivity index (χ4v) is 5.48. The normalized spacial score (nSPS) is 27.0. The maximum atomic E-state index is 12.0. The number of likely N-dealkylation sites (tertiary alicyclic amines) is 1. The van der Waals surface area contributed by atoms with Crippen molar-refractivity contribution in [1.29, 1.82) is 0 Å². The zero-order chi connectivity index (χ0) is 19.0. The largest absolute Gasteiger partial charge is 0.358 e. The third kappa shape index (κ3) is 2.05. The maximum Gasteiger partial charge on any atom is 0.227 e. The Morgan fingerprint density at radius 3 is 2.86 bits per heavy atom. The highest BCUT2D eigenvalue weighted by Gasteiger charge is 2.56. The van der Waals surface area contributed by atoms with Gasteiger partial charge in [-0.3, -0.25) is 9.78 Å². The molecule has 5 nitrogen and oxygen atoms in total. The highest BCUT2D eigenvalue weighted by atomic mass is 16.2. The van der Waals surface area contributed by atoms with E-state index in [2.05, 4.69) is 34.0 Å². The number of pyridine rings is 1. The molecule has 2 aromatic rings. The Kier molecular flexibility index (Phi) is 3.19. The second-order valence-electron chi connectivity index (χ2n) is 8.43. The number of nitrogens with zero attached hydrogens (tertiary/aromatic N) is 3. The Morgan fingerprint density at radius 1 is 1.18 bits per heavy atom. The molecule has 6 rings (SSSR count). The zero-order valence-corrected chi connectivity index (χ0v) is 15.8. The van der Waals surface area contributed by atoms with Gasteiger partial charge < -0.3 is 9.80 Å². The summed E-state index contributed by atoms with van der Waals surface area (Å²) in [5, 5.41) is 0. The van der Waals surface area contributed by atoms with E-state index < -0.39 is 0 Å². The number of aryl methyl sites for hydroxylation is 1. The summed E-state index contributed by atoms with van der Waals surface area (Å²) in [4.78, 5) is 31.8. The summed E-state index contributed by atoms with van der Waals surface area (Å²) in [6, 6.07) is 6.72. The minimum atomic E-state index is 0.180. The minimum absolute atomic E-state index is 0.180. The SMILES string of the molecule is CN1C(=O)CCc2cc(-c3cncc4c3C3CC3C4N3CCC3=C=O)ccc21. The van der Waals surface area contributed by atoms with Crippen molar-refractivity contribution in [3.63, 3.8) is 0 Å². The van der Waals surface area contributed by atoms with E-state index in [4.69, 9.17) is 0 Å². The highest BCUT2D eigenvalue weighted by molar-refractivity contribution is 5.96. The van der Waals surface area contributed by atoms with Crippen LogP contribution in [0.5, 0.6) is 0 Å².